The molecule has 0 aromatic carbocycles. The zero-order valence-corrected chi connectivity index (χ0v) is 12.8. The summed E-state index contributed by atoms with van der Waals surface area (Å²) in [6.45, 7) is 7.46. The van der Waals surface area contributed by atoms with Crippen LogP contribution in [0.4, 0.5) is 0 Å². The molecule has 19 heavy (non-hydrogen) atoms. The van der Waals surface area contributed by atoms with Crippen LogP contribution in [-0.2, 0) is 4.79 Å². The second kappa shape index (κ2) is 6.74. The third-order valence-electron chi connectivity index (χ3n) is 4.83. The molecule has 2 fully saturated rings. The number of hydrogen-bond donors (Lipinski definition) is 1. The van der Waals surface area contributed by atoms with E-state index in [0.717, 1.165) is 18.9 Å². The Labute approximate surface area is 118 Å². The second-order valence-corrected chi connectivity index (χ2v) is 6.64. The first-order valence-corrected chi connectivity index (χ1v) is 8.20. The van der Waals surface area contributed by atoms with E-state index in [-0.39, 0.29) is 12.2 Å². The molecule has 2 rings (SSSR count). The van der Waals surface area contributed by atoms with Gasteiger partial charge in [-0.3, -0.25) is 10.1 Å². The molecule has 0 spiro atoms. The lowest BCUT2D eigenvalue weighted by Crippen LogP contribution is -2.42. The molecule has 0 radical (unpaired) electrons. The lowest BCUT2D eigenvalue weighted by molar-refractivity contribution is -0.130. The molecular weight excluding hydrogens is 236 g/mol. The molecule has 1 amide bonds. The fraction of sp³-hybridized carbons (Fsp3) is 0.938. The van der Waals surface area contributed by atoms with E-state index >= 15 is 0 Å². The summed E-state index contributed by atoms with van der Waals surface area (Å²) >= 11 is 0. The highest BCUT2D eigenvalue weighted by atomic mass is 16.2. The third-order valence-corrected chi connectivity index (χ3v) is 4.83. The molecule has 1 aliphatic heterocycles. The molecule has 3 nitrogen and oxygen atoms in total. The van der Waals surface area contributed by atoms with Crippen molar-refractivity contribution in [2.24, 2.45) is 11.8 Å². The van der Waals surface area contributed by atoms with Crippen molar-refractivity contribution in [3.05, 3.63) is 0 Å². The van der Waals surface area contributed by atoms with E-state index in [9.17, 15) is 4.79 Å². The second-order valence-electron chi connectivity index (χ2n) is 6.64. The van der Waals surface area contributed by atoms with Gasteiger partial charge in [0, 0.05) is 6.54 Å². The average Bonchev–Trinajstić information content (AvgIpc) is 2.74. The van der Waals surface area contributed by atoms with Gasteiger partial charge in [0.05, 0.1) is 12.2 Å². The Balaban J connectivity index is 1.90. The van der Waals surface area contributed by atoms with Gasteiger partial charge in [0.1, 0.15) is 0 Å². The summed E-state index contributed by atoms with van der Waals surface area (Å²) in [5, 5.41) is 3.50. The Hall–Kier alpha value is -0.570. The molecule has 1 saturated heterocycles. The minimum absolute atomic E-state index is 0.0544. The summed E-state index contributed by atoms with van der Waals surface area (Å²) in [5.74, 6) is 1.68. The topological polar surface area (TPSA) is 32.3 Å². The van der Waals surface area contributed by atoms with Crippen molar-refractivity contribution in [3.63, 3.8) is 0 Å². The molecule has 1 aliphatic carbocycles. The van der Waals surface area contributed by atoms with Crippen LogP contribution >= 0.6 is 0 Å². The van der Waals surface area contributed by atoms with Crippen LogP contribution in [-0.4, -0.2) is 29.6 Å². The number of carbonyl (C=O) groups excluding carboxylic acids is 1. The standard InChI is InChI=1S/C16H30N2O/c1-4-14-16(19)18(15(17-14)12(2)3)11-10-13-8-6-5-7-9-13/h12-15,17H,4-11H2,1-3H3. The van der Waals surface area contributed by atoms with Crippen LogP contribution in [0.2, 0.25) is 0 Å². The van der Waals surface area contributed by atoms with Gasteiger partial charge in [0.25, 0.3) is 0 Å². The zero-order valence-electron chi connectivity index (χ0n) is 12.8. The van der Waals surface area contributed by atoms with Gasteiger partial charge in [-0.05, 0) is 24.7 Å². The fourth-order valence-electron chi connectivity index (χ4n) is 3.60. The highest BCUT2D eigenvalue weighted by Crippen LogP contribution is 2.28. The summed E-state index contributed by atoms with van der Waals surface area (Å²) in [4.78, 5) is 14.5. The highest BCUT2D eigenvalue weighted by molar-refractivity contribution is 5.84. The molecule has 1 N–H and O–H groups in total. The SMILES string of the molecule is CCC1NC(C(C)C)N(CCC2CCCCC2)C1=O. The highest BCUT2D eigenvalue weighted by Gasteiger charge is 2.38. The van der Waals surface area contributed by atoms with E-state index in [0.29, 0.717) is 11.8 Å². The predicted octanol–water partition coefficient (Wildman–Crippen LogP) is 3.15. The average molecular weight is 266 g/mol. The van der Waals surface area contributed by atoms with E-state index in [1.165, 1.54) is 38.5 Å². The van der Waals surface area contributed by atoms with Crippen LogP contribution in [0.3, 0.4) is 0 Å². The summed E-state index contributed by atoms with van der Waals surface area (Å²) < 4.78 is 0. The van der Waals surface area contributed by atoms with Gasteiger partial charge in [0.2, 0.25) is 5.91 Å². The van der Waals surface area contributed by atoms with Gasteiger partial charge < -0.3 is 4.90 Å². The van der Waals surface area contributed by atoms with Crippen molar-refractivity contribution >= 4 is 5.91 Å². The van der Waals surface area contributed by atoms with Crippen molar-refractivity contribution in [2.75, 3.05) is 6.54 Å². The van der Waals surface area contributed by atoms with Crippen molar-refractivity contribution in [1.29, 1.82) is 0 Å². The number of rotatable bonds is 5. The molecule has 0 bridgehead atoms. The minimum atomic E-state index is 0.0544. The Kier molecular flexibility index (Phi) is 5.26. The Morgan fingerprint density at radius 1 is 1.26 bits per heavy atom. The van der Waals surface area contributed by atoms with E-state index < -0.39 is 0 Å². The molecule has 2 unspecified atom stereocenters. The van der Waals surface area contributed by atoms with Crippen LogP contribution < -0.4 is 5.32 Å². The van der Waals surface area contributed by atoms with Gasteiger partial charge in [-0.25, -0.2) is 0 Å². The Morgan fingerprint density at radius 3 is 2.53 bits per heavy atom. The molecule has 0 aromatic heterocycles. The van der Waals surface area contributed by atoms with E-state index in [4.69, 9.17) is 0 Å². The zero-order chi connectivity index (χ0) is 13.8. The molecule has 1 saturated carbocycles. The lowest BCUT2D eigenvalue weighted by Gasteiger charge is -2.30. The Bertz CT molecular complexity index is 297. The number of nitrogens with one attached hydrogen (secondary N) is 1. The van der Waals surface area contributed by atoms with Crippen LogP contribution in [0, 0.1) is 11.8 Å². The van der Waals surface area contributed by atoms with Crippen LogP contribution in [0.25, 0.3) is 0 Å². The van der Waals surface area contributed by atoms with Crippen molar-refractivity contribution in [3.8, 4) is 0 Å². The van der Waals surface area contributed by atoms with E-state index in [1.807, 2.05) is 0 Å². The lowest BCUT2D eigenvalue weighted by atomic mass is 9.87. The summed E-state index contributed by atoms with van der Waals surface area (Å²) in [7, 11) is 0. The van der Waals surface area contributed by atoms with E-state index in [1.54, 1.807) is 0 Å². The maximum absolute atomic E-state index is 12.4. The van der Waals surface area contributed by atoms with Crippen molar-refractivity contribution in [2.45, 2.75) is 77.9 Å². The maximum Gasteiger partial charge on any atom is 0.241 e. The first-order valence-electron chi connectivity index (χ1n) is 8.20. The predicted molar refractivity (Wildman–Crippen MR) is 78.7 cm³/mol. The van der Waals surface area contributed by atoms with Crippen molar-refractivity contribution < 1.29 is 4.79 Å². The van der Waals surface area contributed by atoms with Crippen LogP contribution in [0.5, 0.6) is 0 Å². The fourth-order valence-corrected chi connectivity index (χ4v) is 3.60. The van der Waals surface area contributed by atoms with Gasteiger partial charge >= 0.3 is 0 Å². The monoisotopic (exact) mass is 266 g/mol. The molecule has 1 heterocycles. The number of amides is 1. The molecule has 0 aromatic rings. The third kappa shape index (κ3) is 3.50. The first kappa shape index (κ1) is 14.8. The van der Waals surface area contributed by atoms with E-state index in [2.05, 4.69) is 31.0 Å². The smallest absolute Gasteiger partial charge is 0.241 e. The maximum atomic E-state index is 12.4. The first-order chi connectivity index (χ1) is 9.13. The quantitative estimate of drug-likeness (QED) is 0.829. The van der Waals surface area contributed by atoms with Gasteiger partial charge in [-0.2, -0.15) is 0 Å². The molecule has 3 heteroatoms. The van der Waals surface area contributed by atoms with Gasteiger partial charge in [-0.1, -0.05) is 52.9 Å². The van der Waals surface area contributed by atoms with Gasteiger partial charge in [0.15, 0.2) is 0 Å². The minimum Gasteiger partial charge on any atom is -0.326 e. The number of hydrogen-bond acceptors (Lipinski definition) is 2. The van der Waals surface area contributed by atoms with Gasteiger partial charge in [-0.15, -0.1) is 0 Å². The van der Waals surface area contributed by atoms with Crippen molar-refractivity contribution in [1.82, 2.24) is 10.2 Å². The Morgan fingerprint density at radius 2 is 1.95 bits per heavy atom. The van der Waals surface area contributed by atoms with Crippen LogP contribution in [0.1, 0.15) is 65.7 Å². The largest absolute Gasteiger partial charge is 0.326 e. The van der Waals surface area contributed by atoms with Crippen LogP contribution in [0.15, 0.2) is 0 Å². The summed E-state index contributed by atoms with van der Waals surface area (Å²) in [5.41, 5.74) is 0. The molecule has 2 aliphatic rings. The number of carbonyl (C=O) groups is 1. The number of nitrogens with zero attached hydrogens (tertiary/aromatic N) is 1. The summed E-state index contributed by atoms with van der Waals surface area (Å²) in [6, 6.07) is 0.0544. The molecule has 110 valence electrons. The molecular formula is C16H30N2O. The normalized spacial score (nSPS) is 29.5. The molecule has 2 atom stereocenters. The summed E-state index contributed by atoms with van der Waals surface area (Å²) in [6.07, 6.45) is 9.30.